The van der Waals surface area contributed by atoms with Gasteiger partial charge in [-0.3, -0.25) is 4.79 Å². The van der Waals surface area contributed by atoms with Crippen molar-refractivity contribution in [1.29, 1.82) is 0 Å². The van der Waals surface area contributed by atoms with E-state index in [1.807, 2.05) is 11.9 Å². The third-order valence-corrected chi connectivity index (χ3v) is 4.35. The molecule has 0 aliphatic heterocycles. The molecule has 0 heterocycles. The van der Waals surface area contributed by atoms with Crippen LogP contribution in [0.15, 0.2) is 12.1 Å². The van der Waals surface area contributed by atoms with Gasteiger partial charge in [-0.2, -0.15) is 0 Å². The van der Waals surface area contributed by atoms with Crippen LogP contribution in [0.2, 0.25) is 0 Å². The molecule has 0 aromatic heterocycles. The maximum absolute atomic E-state index is 12.8. The molecule has 2 rings (SSSR count). The number of amides is 1. The zero-order valence-corrected chi connectivity index (χ0v) is 13.8. The van der Waals surface area contributed by atoms with E-state index in [9.17, 15) is 4.79 Å². The van der Waals surface area contributed by atoms with Gasteiger partial charge in [-0.15, -0.1) is 0 Å². The standard InChI is InChI=1S/C17H25NO4/c1-18(13-8-6-5-7-9-13)17(19)12-10-14(20-2)16(22-4)15(11-12)21-3/h10-11,13H,5-9H2,1-4H3. The van der Waals surface area contributed by atoms with Crippen molar-refractivity contribution in [3.63, 3.8) is 0 Å². The van der Waals surface area contributed by atoms with Gasteiger partial charge in [0.1, 0.15) is 0 Å². The molecule has 1 amide bonds. The molecule has 0 spiro atoms. The van der Waals surface area contributed by atoms with E-state index in [4.69, 9.17) is 14.2 Å². The predicted octanol–water partition coefficient (Wildman–Crippen LogP) is 3.12. The number of benzene rings is 1. The Morgan fingerprint density at radius 1 is 1.00 bits per heavy atom. The summed E-state index contributed by atoms with van der Waals surface area (Å²) >= 11 is 0. The highest BCUT2D eigenvalue weighted by molar-refractivity contribution is 5.95. The average molecular weight is 307 g/mol. The molecule has 1 saturated carbocycles. The summed E-state index contributed by atoms with van der Waals surface area (Å²) in [6.45, 7) is 0. The minimum atomic E-state index is -0.00819. The predicted molar refractivity (Wildman–Crippen MR) is 85.1 cm³/mol. The fourth-order valence-corrected chi connectivity index (χ4v) is 3.04. The van der Waals surface area contributed by atoms with Crippen LogP contribution in [-0.4, -0.2) is 45.2 Å². The molecule has 0 atom stereocenters. The van der Waals surface area contributed by atoms with Crippen molar-refractivity contribution in [3.8, 4) is 17.2 Å². The molecule has 0 saturated heterocycles. The molecule has 1 aromatic carbocycles. The summed E-state index contributed by atoms with van der Waals surface area (Å²) in [6, 6.07) is 3.74. The topological polar surface area (TPSA) is 48.0 Å². The first-order valence-corrected chi connectivity index (χ1v) is 7.69. The summed E-state index contributed by atoms with van der Waals surface area (Å²) in [7, 11) is 6.53. The largest absolute Gasteiger partial charge is 0.493 e. The van der Waals surface area contributed by atoms with Crippen molar-refractivity contribution in [2.45, 2.75) is 38.1 Å². The molecule has 1 aliphatic carbocycles. The van der Waals surface area contributed by atoms with Gasteiger partial charge in [0, 0.05) is 18.7 Å². The van der Waals surface area contributed by atoms with Gasteiger partial charge in [-0.05, 0) is 25.0 Å². The van der Waals surface area contributed by atoms with Crippen molar-refractivity contribution in [1.82, 2.24) is 4.90 Å². The van der Waals surface area contributed by atoms with Crippen LogP contribution in [0.1, 0.15) is 42.5 Å². The Morgan fingerprint density at radius 3 is 2.00 bits per heavy atom. The summed E-state index contributed by atoms with van der Waals surface area (Å²) in [5, 5.41) is 0. The second-order valence-electron chi connectivity index (χ2n) is 5.62. The normalized spacial score (nSPS) is 15.3. The summed E-state index contributed by atoms with van der Waals surface area (Å²) in [5.74, 6) is 1.50. The molecule has 1 aliphatic rings. The maximum atomic E-state index is 12.8. The van der Waals surface area contributed by atoms with E-state index < -0.39 is 0 Å². The van der Waals surface area contributed by atoms with E-state index in [0.717, 1.165) is 12.8 Å². The van der Waals surface area contributed by atoms with E-state index in [0.29, 0.717) is 28.9 Å². The van der Waals surface area contributed by atoms with Crippen LogP contribution in [0.3, 0.4) is 0 Å². The summed E-state index contributed by atoms with van der Waals surface area (Å²) in [5.41, 5.74) is 0.558. The van der Waals surface area contributed by atoms with E-state index in [-0.39, 0.29) is 5.91 Å². The van der Waals surface area contributed by atoms with Crippen molar-refractivity contribution in [3.05, 3.63) is 17.7 Å². The molecule has 1 aromatic rings. The first-order chi connectivity index (χ1) is 10.6. The third-order valence-electron chi connectivity index (χ3n) is 4.35. The number of hydrogen-bond donors (Lipinski definition) is 0. The number of carbonyl (C=O) groups excluding carboxylic acids is 1. The minimum absolute atomic E-state index is 0.00819. The molecular formula is C17H25NO4. The molecule has 0 bridgehead atoms. The van der Waals surface area contributed by atoms with Crippen molar-refractivity contribution in [2.24, 2.45) is 0 Å². The molecule has 0 N–H and O–H groups in total. The molecule has 122 valence electrons. The summed E-state index contributed by atoms with van der Waals surface area (Å²) in [6.07, 6.45) is 5.80. The number of ether oxygens (including phenoxy) is 3. The average Bonchev–Trinajstić information content (AvgIpc) is 2.59. The summed E-state index contributed by atoms with van der Waals surface area (Å²) in [4.78, 5) is 14.6. The maximum Gasteiger partial charge on any atom is 0.254 e. The number of methoxy groups -OCH3 is 3. The molecule has 0 radical (unpaired) electrons. The zero-order valence-electron chi connectivity index (χ0n) is 13.8. The van der Waals surface area contributed by atoms with Gasteiger partial charge in [0.2, 0.25) is 5.75 Å². The Bertz CT molecular complexity index is 498. The quantitative estimate of drug-likeness (QED) is 0.838. The van der Waals surface area contributed by atoms with E-state index in [1.54, 1.807) is 33.5 Å². The number of rotatable bonds is 5. The Morgan fingerprint density at radius 2 is 1.55 bits per heavy atom. The fourth-order valence-electron chi connectivity index (χ4n) is 3.04. The van der Waals surface area contributed by atoms with Crippen LogP contribution in [0.4, 0.5) is 0 Å². The van der Waals surface area contributed by atoms with Crippen molar-refractivity contribution < 1.29 is 19.0 Å². The lowest BCUT2D eigenvalue weighted by Gasteiger charge is -2.31. The van der Waals surface area contributed by atoms with Gasteiger partial charge in [0.15, 0.2) is 11.5 Å². The second kappa shape index (κ2) is 7.38. The lowest BCUT2D eigenvalue weighted by atomic mass is 9.94. The van der Waals surface area contributed by atoms with Crippen LogP contribution in [0.5, 0.6) is 17.2 Å². The molecule has 0 unspecified atom stereocenters. The highest BCUT2D eigenvalue weighted by Gasteiger charge is 2.25. The Hall–Kier alpha value is -1.91. The molecule has 5 nitrogen and oxygen atoms in total. The van der Waals surface area contributed by atoms with Crippen LogP contribution in [-0.2, 0) is 0 Å². The number of carbonyl (C=O) groups is 1. The number of nitrogens with zero attached hydrogens (tertiary/aromatic N) is 1. The molecule has 5 heteroatoms. The SMILES string of the molecule is COc1cc(C(=O)N(C)C2CCCCC2)cc(OC)c1OC. The molecule has 1 fully saturated rings. The minimum Gasteiger partial charge on any atom is -0.493 e. The van der Waals surface area contributed by atoms with Gasteiger partial charge in [-0.1, -0.05) is 19.3 Å². The monoisotopic (exact) mass is 307 g/mol. The zero-order chi connectivity index (χ0) is 16.1. The van der Waals surface area contributed by atoms with E-state index in [2.05, 4.69) is 0 Å². The molecule has 22 heavy (non-hydrogen) atoms. The molecular weight excluding hydrogens is 282 g/mol. The van der Waals surface area contributed by atoms with Gasteiger partial charge in [0.05, 0.1) is 21.3 Å². The highest BCUT2D eigenvalue weighted by Crippen LogP contribution is 2.38. The van der Waals surface area contributed by atoms with Crippen LogP contribution in [0.25, 0.3) is 0 Å². The Balaban J connectivity index is 2.28. The van der Waals surface area contributed by atoms with Crippen LogP contribution < -0.4 is 14.2 Å². The lowest BCUT2D eigenvalue weighted by molar-refractivity contribution is 0.0695. The Kier molecular flexibility index (Phi) is 5.52. The lowest BCUT2D eigenvalue weighted by Crippen LogP contribution is -2.38. The van der Waals surface area contributed by atoms with Crippen LogP contribution in [0, 0.1) is 0 Å². The first-order valence-electron chi connectivity index (χ1n) is 7.69. The second-order valence-corrected chi connectivity index (χ2v) is 5.62. The number of hydrogen-bond acceptors (Lipinski definition) is 4. The third kappa shape index (κ3) is 3.29. The van der Waals surface area contributed by atoms with Gasteiger partial charge in [0.25, 0.3) is 5.91 Å². The van der Waals surface area contributed by atoms with E-state index >= 15 is 0 Å². The summed E-state index contributed by atoms with van der Waals surface area (Å²) < 4.78 is 15.9. The van der Waals surface area contributed by atoms with Gasteiger partial charge < -0.3 is 19.1 Å². The van der Waals surface area contributed by atoms with Gasteiger partial charge >= 0.3 is 0 Å². The van der Waals surface area contributed by atoms with Gasteiger partial charge in [-0.25, -0.2) is 0 Å². The Labute approximate surface area is 132 Å². The van der Waals surface area contributed by atoms with Crippen LogP contribution >= 0.6 is 0 Å². The highest BCUT2D eigenvalue weighted by atomic mass is 16.5. The van der Waals surface area contributed by atoms with E-state index in [1.165, 1.54) is 19.3 Å². The van der Waals surface area contributed by atoms with Crippen molar-refractivity contribution in [2.75, 3.05) is 28.4 Å². The first kappa shape index (κ1) is 16.5. The van der Waals surface area contributed by atoms with Crippen molar-refractivity contribution >= 4 is 5.91 Å². The smallest absolute Gasteiger partial charge is 0.254 e. The fraction of sp³-hybridized carbons (Fsp3) is 0.588.